The van der Waals surface area contributed by atoms with Crippen LogP contribution in [0.5, 0.6) is 0 Å². The van der Waals surface area contributed by atoms with Crippen LogP contribution in [0, 0.1) is 5.41 Å². The van der Waals surface area contributed by atoms with Crippen LogP contribution in [0.15, 0.2) is 35.4 Å². The summed E-state index contributed by atoms with van der Waals surface area (Å²) >= 11 is 0. The van der Waals surface area contributed by atoms with Crippen molar-refractivity contribution in [2.24, 2.45) is 19.5 Å². The fourth-order valence-electron chi connectivity index (χ4n) is 4.00. The Hall–Kier alpha value is -2.90. The number of carbonyl (C=O) groups excluding carboxylic acids is 2. The van der Waals surface area contributed by atoms with Crippen molar-refractivity contribution in [1.82, 2.24) is 19.2 Å². The maximum absolute atomic E-state index is 12.9. The molecule has 4 heterocycles. The second-order valence-electron chi connectivity index (χ2n) is 7.31. The van der Waals surface area contributed by atoms with Gasteiger partial charge in [0.2, 0.25) is 5.91 Å². The highest BCUT2D eigenvalue weighted by Gasteiger charge is 2.49. The van der Waals surface area contributed by atoms with Gasteiger partial charge in [0.05, 0.1) is 11.9 Å². The maximum Gasteiger partial charge on any atom is 0.270 e. The van der Waals surface area contributed by atoms with Gasteiger partial charge in [0.15, 0.2) is 0 Å². The monoisotopic (exact) mass is 355 g/mol. The number of aryl methyl sites for hydroxylation is 1. The lowest BCUT2D eigenvalue weighted by molar-refractivity contribution is -0.117. The Morgan fingerprint density at radius 1 is 1.19 bits per heavy atom. The van der Waals surface area contributed by atoms with Crippen molar-refractivity contribution in [2.75, 3.05) is 24.5 Å². The molecular weight excluding hydrogens is 334 g/mol. The van der Waals surface area contributed by atoms with Crippen LogP contribution in [0.2, 0.25) is 0 Å². The Morgan fingerprint density at radius 3 is 2.73 bits per heavy atom. The van der Waals surface area contributed by atoms with Crippen LogP contribution in [0.1, 0.15) is 23.3 Å². The zero-order valence-electron chi connectivity index (χ0n) is 14.9. The normalized spacial score (nSPS) is 22.6. The van der Waals surface area contributed by atoms with Gasteiger partial charge in [-0.1, -0.05) is 6.07 Å². The molecule has 2 aliphatic rings. The first-order valence-electron chi connectivity index (χ1n) is 8.63. The number of likely N-dealkylation sites (tertiary alicyclic amines) is 1. The molecule has 2 aliphatic heterocycles. The van der Waals surface area contributed by atoms with Crippen molar-refractivity contribution < 1.29 is 9.59 Å². The second kappa shape index (κ2) is 5.82. The van der Waals surface area contributed by atoms with Crippen LogP contribution in [0.3, 0.4) is 0 Å². The molecule has 2 saturated heterocycles. The molecule has 8 nitrogen and oxygen atoms in total. The molecule has 1 unspecified atom stereocenters. The summed E-state index contributed by atoms with van der Waals surface area (Å²) < 4.78 is 3.04. The van der Waals surface area contributed by atoms with Crippen molar-refractivity contribution in [1.29, 1.82) is 0 Å². The van der Waals surface area contributed by atoms with Gasteiger partial charge in [-0.2, -0.15) is 5.10 Å². The summed E-state index contributed by atoms with van der Waals surface area (Å²) in [5.74, 6) is -0.0891. The van der Waals surface area contributed by atoms with Crippen molar-refractivity contribution in [3.8, 4) is 0 Å². The summed E-state index contributed by atoms with van der Waals surface area (Å²) in [5, 5.41) is 4.14. The van der Waals surface area contributed by atoms with Crippen molar-refractivity contribution in [2.45, 2.75) is 12.8 Å². The van der Waals surface area contributed by atoms with Gasteiger partial charge in [-0.15, -0.1) is 0 Å². The molecule has 0 aromatic carbocycles. The van der Waals surface area contributed by atoms with Crippen LogP contribution >= 0.6 is 0 Å². The van der Waals surface area contributed by atoms with E-state index in [1.54, 1.807) is 39.9 Å². The SMILES string of the molecule is Cn1cc(N2CC3(CCN(C(=O)c4cccc(=O)n4C)C3)CC2=O)cn1. The zero-order valence-corrected chi connectivity index (χ0v) is 14.9. The summed E-state index contributed by atoms with van der Waals surface area (Å²) in [7, 11) is 3.42. The number of carbonyl (C=O) groups is 2. The number of rotatable bonds is 2. The van der Waals surface area contributed by atoms with Gasteiger partial charge < -0.3 is 14.4 Å². The van der Waals surface area contributed by atoms with E-state index >= 15 is 0 Å². The van der Waals surface area contributed by atoms with E-state index < -0.39 is 0 Å². The van der Waals surface area contributed by atoms with Crippen molar-refractivity contribution in [3.63, 3.8) is 0 Å². The molecule has 4 rings (SSSR count). The molecular formula is C18H21N5O3. The first-order valence-corrected chi connectivity index (χ1v) is 8.63. The molecule has 1 spiro atoms. The number of amides is 2. The highest BCUT2D eigenvalue weighted by Crippen LogP contribution is 2.42. The van der Waals surface area contributed by atoms with Crippen molar-refractivity contribution >= 4 is 17.5 Å². The number of hydrogen-bond acceptors (Lipinski definition) is 4. The van der Waals surface area contributed by atoms with Crippen LogP contribution in [0.4, 0.5) is 5.69 Å². The minimum absolute atomic E-state index is 0.0689. The largest absolute Gasteiger partial charge is 0.337 e. The Morgan fingerprint density at radius 2 is 2.00 bits per heavy atom. The second-order valence-corrected chi connectivity index (χ2v) is 7.31. The number of aromatic nitrogens is 3. The quantitative estimate of drug-likeness (QED) is 0.780. The molecule has 136 valence electrons. The maximum atomic E-state index is 12.9. The molecule has 2 aromatic heterocycles. The van der Waals surface area contributed by atoms with E-state index in [0.717, 1.165) is 12.1 Å². The minimum atomic E-state index is -0.226. The standard InChI is InChI=1S/C18H21N5O3/c1-20-10-13(9-19-20)23-12-18(8-16(23)25)6-7-22(11-18)17(26)14-4-3-5-15(24)21(14)2/h3-5,9-10H,6-8,11-12H2,1-2H3. The molecule has 0 saturated carbocycles. The lowest BCUT2D eigenvalue weighted by Gasteiger charge is -2.24. The molecule has 0 bridgehead atoms. The molecule has 0 radical (unpaired) electrons. The predicted octanol–water partition coefficient (Wildman–Crippen LogP) is 0.388. The number of hydrogen-bond donors (Lipinski definition) is 0. The molecule has 2 aromatic rings. The van der Waals surface area contributed by atoms with Crippen molar-refractivity contribution in [3.05, 3.63) is 46.6 Å². The molecule has 0 aliphatic carbocycles. The Kier molecular flexibility index (Phi) is 3.71. The summed E-state index contributed by atoms with van der Waals surface area (Å²) in [5.41, 5.74) is 0.743. The van der Waals surface area contributed by atoms with E-state index in [-0.39, 0.29) is 22.8 Å². The Bertz CT molecular complexity index is 946. The fraction of sp³-hybridized carbons (Fsp3) is 0.444. The number of nitrogens with zero attached hydrogens (tertiary/aromatic N) is 5. The fourth-order valence-corrected chi connectivity index (χ4v) is 4.00. The van der Waals surface area contributed by atoms with E-state index in [1.807, 2.05) is 13.2 Å². The summed E-state index contributed by atoms with van der Waals surface area (Å²) in [6.07, 6.45) is 4.73. The van der Waals surface area contributed by atoms with Gasteiger partial charge in [-0.25, -0.2) is 0 Å². The Labute approximate surface area is 150 Å². The van der Waals surface area contributed by atoms with Crippen LogP contribution in [-0.2, 0) is 18.9 Å². The molecule has 2 fully saturated rings. The van der Waals surface area contributed by atoms with E-state index in [2.05, 4.69) is 5.10 Å². The van der Waals surface area contributed by atoms with Gasteiger partial charge in [-0.3, -0.25) is 19.1 Å². The lowest BCUT2D eigenvalue weighted by Crippen LogP contribution is -2.36. The summed E-state index contributed by atoms with van der Waals surface area (Å²) in [6, 6.07) is 4.70. The predicted molar refractivity (Wildman–Crippen MR) is 94.8 cm³/mol. The molecule has 8 heteroatoms. The number of anilines is 1. The summed E-state index contributed by atoms with van der Waals surface area (Å²) in [4.78, 5) is 40.7. The third-order valence-electron chi connectivity index (χ3n) is 5.45. The van der Waals surface area contributed by atoms with Gasteiger partial charge in [-0.05, 0) is 12.5 Å². The highest BCUT2D eigenvalue weighted by molar-refractivity contribution is 5.97. The average Bonchev–Trinajstić information content (AvgIpc) is 3.29. The van der Waals surface area contributed by atoms with E-state index in [4.69, 9.17) is 0 Å². The van der Waals surface area contributed by atoms with Gasteiger partial charge in [0.1, 0.15) is 5.69 Å². The third kappa shape index (κ3) is 2.61. The molecule has 1 atom stereocenters. The van der Waals surface area contributed by atoms with Gasteiger partial charge in [0.25, 0.3) is 11.5 Å². The lowest BCUT2D eigenvalue weighted by atomic mass is 9.86. The topological polar surface area (TPSA) is 80.4 Å². The smallest absolute Gasteiger partial charge is 0.270 e. The van der Waals surface area contributed by atoms with Gasteiger partial charge >= 0.3 is 0 Å². The highest BCUT2D eigenvalue weighted by atomic mass is 16.2. The summed E-state index contributed by atoms with van der Waals surface area (Å²) in [6.45, 7) is 1.71. The van der Waals surface area contributed by atoms with E-state index in [0.29, 0.717) is 31.7 Å². The van der Waals surface area contributed by atoms with E-state index in [1.165, 1.54) is 10.6 Å². The van der Waals surface area contributed by atoms with Crippen LogP contribution < -0.4 is 10.5 Å². The Balaban J connectivity index is 1.53. The first kappa shape index (κ1) is 16.6. The molecule has 2 amide bonds. The average molecular weight is 355 g/mol. The van der Waals surface area contributed by atoms with Crippen LogP contribution in [0.25, 0.3) is 0 Å². The first-order chi connectivity index (χ1) is 12.4. The zero-order chi connectivity index (χ0) is 18.5. The number of pyridine rings is 1. The van der Waals surface area contributed by atoms with Gasteiger partial charge in [0, 0.05) is 57.8 Å². The molecule has 26 heavy (non-hydrogen) atoms. The van der Waals surface area contributed by atoms with E-state index in [9.17, 15) is 14.4 Å². The molecule has 0 N–H and O–H groups in total. The van der Waals surface area contributed by atoms with Crippen LogP contribution in [-0.4, -0.2) is 50.7 Å². The minimum Gasteiger partial charge on any atom is -0.337 e. The third-order valence-corrected chi connectivity index (χ3v) is 5.45.